The summed E-state index contributed by atoms with van der Waals surface area (Å²) in [6, 6.07) is 15.0. The average molecular weight is 306 g/mol. The summed E-state index contributed by atoms with van der Waals surface area (Å²) in [6.07, 6.45) is 0. The van der Waals surface area contributed by atoms with Crippen molar-refractivity contribution in [2.24, 2.45) is 0 Å². The number of fused-ring (bicyclic) bond motifs is 1. The fraction of sp³-hybridized carbons (Fsp3) is 0.231. The second-order valence-corrected chi connectivity index (χ2v) is 5.69. The standard InChI is InChI=1S/C10H7.C3H9N.Sn.H/c1-2-6-10-8-4-3-7-9(10)5-1;1-4(2)3;;/h1-7H;1-3H3;;. The zero-order chi connectivity index (χ0) is 11.3. The van der Waals surface area contributed by atoms with E-state index in [2.05, 4.69) is 42.5 Å². The molecule has 0 spiro atoms. The Hall–Kier alpha value is -0.541. The van der Waals surface area contributed by atoms with Gasteiger partial charge in [-0.15, -0.1) is 0 Å². The van der Waals surface area contributed by atoms with Crippen LogP contribution in [0.3, 0.4) is 0 Å². The van der Waals surface area contributed by atoms with Gasteiger partial charge >= 0.3 is 79.3 Å². The second-order valence-electron chi connectivity index (χ2n) is 3.91. The maximum atomic E-state index is 2.20. The zero-order valence-electron chi connectivity index (χ0n) is 9.57. The molecule has 0 aromatic heterocycles. The van der Waals surface area contributed by atoms with Gasteiger partial charge in [0.05, 0.1) is 0 Å². The average Bonchev–Trinajstić information content (AvgIpc) is 2.18. The first-order valence-corrected chi connectivity index (χ1v) is 6.60. The molecule has 0 unspecified atom stereocenters. The van der Waals surface area contributed by atoms with Crippen molar-refractivity contribution in [2.45, 2.75) is 0 Å². The van der Waals surface area contributed by atoms with Crippen LogP contribution in [0.2, 0.25) is 0 Å². The summed E-state index contributed by atoms with van der Waals surface area (Å²) in [6.45, 7) is 0. The SMILES string of the molecule is CN(C)C.[SnH][c]1cccc2ccccc12. The summed E-state index contributed by atoms with van der Waals surface area (Å²) in [5, 5.41) is 2.77. The third kappa shape index (κ3) is 4.22. The number of rotatable bonds is 0. The first-order valence-electron chi connectivity index (χ1n) is 4.95. The predicted molar refractivity (Wildman–Crippen MR) is 70.3 cm³/mol. The summed E-state index contributed by atoms with van der Waals surface area (Å²) in [5.41, 5.74) is 0. The van der Waals surface area contributed by atoms with Crippen LogP contribution >= 0.6 is 0 Å². The van der Waals surface area contributed by atoms with E-state index in [4.69, 9.17) is 0 Å². The van der Waals surface area contributed by atoms with Crippen LogP contribution in [0.15, 0.2) is 42.5 Å². The summed E-state index contributed by atoms with van der Waals surface area (Å²) < 4.78 is 1.48. The molecule has 0 fully saturated rings. The second kappa shape index (κ2) is 6.13. The van der Waals surface area contributed by atoms with E-state index in [9.17, 15) is 0 Å². The Morgan fingerprint density at radius 1 is 0.867 bits per heavy atom. The van der Waals surface area contributed by atoms with Gasteiger partial charge in [-0.1, -0.05) is 0 Å². The van der Waals surface area contributed by atoms with Gasteiger partial charge in [0.2, 0.25) is 0 Å². The fourth-order valence-electron chi connectivity index (χ4n) is 1.25. The van der Waals surface area contributed by atoms with Crippen LogP contribution in [0.4, 0.5) is 0 Å². The molecule has 0 aliphatic heterocycles. The van der Waals surface area contributed by atoms with Crippen molar-refractivity contribution >= 4 is 36.9 Å². The van der Waals surface area contributed by atoms with Crippen LogP contribution in [0.5, 0.6) is 0 Å². The van der Waals surface area contributed by atoms with Crippen LogP contribution in [0, 0.1) is 0 Å². The van der Waals surface area contributed by atoms with Crippen molar-refractivity contribution in [1.82, 2.24) is 4.90 Å². The van der Waals surface area contributed by atoms with Gasteiger partial charge < -0.3 is 4.90 Å². The summed E-state index contributed by atoms with van der Waals surface area (Å²) in [7, 11) is 6.00. The third-order valence-electron chi connectivity index (χ3n) is 1.82. The Morgan fingerprint density at radius 3 is 2.00 bits per heavy atom. The van der Waals surface area contributed by atoms with Gasteiger partial charge in [-0.25, -0.2) is 0 Å². The van der Waals surface area contributed by atoms with E-state index in [1.165, 1.54) is 36.9 Å². The molecular weight excluding hydrogens is 289 g/mol. The molecule has 78 valence electrons. The van der Waals surface area contributed by atoms with Crippen LogP contribution in [0.1, 0.15) is 0 Å². The van der Waals surface area contributed by atoms with Crippen LogP contribution < -0.4 is 3.58 Å². The minimum atomic E-state index is 1.20. The molecule has 2 aromatic rings. The van der Waals surface area contributed by atoms with E-state index in [0.29, 0.717) is 0 Å². The van der Waals surface area contributed by atoms with Crippen LogP contribution in [-0.4, -0.2) is 48.6 Å². The van der Waals surface area contributed by atoms with Crippen molar-refractivity contribution in [2.75, 3.05) is 21.1 Å². The molecule has 1 nitrogen and oxygen atoms in total. The molecule has 0 bridgehead atoms. The Morgan fingerprint density at radius 2 is 1.40 bits per heavy atom. The van der Waals surface area contributed by atoms with Gasteiger partial charge in [-0.3, -0.25) is 0 Å². The van der Waals surface area contributed by atoms with E-state index < -0.39 is 0 Å². The third-order valence-corrected chi connectivity index (χ3v) is 3.26. The van der Waals surface area contributed by atoms with E-state index in [-0.39, 0.29) is 0 Å². The maximum absolute atomic E-state index is 2.20. The fourth-order valence-corrected chi connectivity index (χ4v) is 2.32. The minimum absolute atomic E-state index is 1.20. The molecule has 2 radical (unpaired) electrons. The van der Waals surface area contributed by atoms with E-state index in [1.54, 1.807) is 0 Å². The molecule has 0 aliphatic carbocycles. The first-order chi connectivity index (χ1) is 7.11. The first kappa shape index (κ1) is 12.5. The number of hydrogen-bond acceptors (Lipinski definition) is 1. The molecule has 2 aromatic carbocycles. The number of benzene rings is 2. The van der Waals surface area contributed by atoms with Crippen molar-refractivity contribution in [1.29, 1.82) is 0 Å². The molecule has 0 heterocycles. The Labute approximate surface area is 105 Å². The van der Waals surface area contributed by atoms with E-state index >= 15 is 0 Å². The molecule has 0 aliphatic rings. The molecule has 2 rings (SSSR count). The van der Waals surface area contributed by atoms with E-state index in [1.807, 2.05) is 26.0 Å². The van der Waals surface area contributed by atoms with Crippen LogP contribution in [-0.2, 0) is 0 Å². The van der Waals surface area contributed by atoms with Crippen LogP contribution in [0.25, 0.3) is 10.8 Å². The molecule has 2 heteroatoms. The normalized spacial score (nSPS) is 9.93. The Bertz CT molecular complexity index is 416. The summed E-state index contributed by atoms with van der Waals surface area (Å²) >= 11 is 1.20. The molecule has 0 saturated carbocycles. The molecule has 0 saturated heterocycles. The summed E-state index contributed by atoms with van der Waals surface area (Å²) in [4.78, 5) is 2.00. The van der Waals surface area contributed by atoms with E-state index in [0.717, 1.165) is 0 Å². The quantitative estimate of drug-likeness (QED) is 0.668. The summed E-state index contributed by atoms with van der Waals surface area (Å²) in [5.74, 6) is 0. The number of nitrogens with zero attached hydrogens (tertiary/aromatic N) is 1. The van der Waals surface area contributed by atoms with Gasteiger partial charge in [0.15, 0.2) is 0 Å². The van der Waals surface area contributed by atoms with Gasteiger partial charge in [0.1, 0.15) is 0 Å². The monoisotopic (exact) mass is 307 g/mol. The van der Waals surface area contributed by atoms with Crippen molar-refractivity contribution in [3.8, 4) is 0 Å². The predicted octanol–water partition coefficient (Wildman–Crippen LogP) is 1.54. The Balaban J connectivity index is 0.000000245. The molecule has 0 amide bonds. The number of hydrogen-bond donors (Lipinski definition) is 0. The Kier molecular flexibility index (Phi) is 5.12. The van der Waals surface area contributed by atoms with Gasteiger partial charge in [-0.05, 0) is 21.1 Å². The van der Waals surface area contributed by atoms with Crippen molar-refractivity contribution in [3.05, 3.63) is 42.5 Å². The molecular formula is C13H17NSn. The zero-order valence-corrected chi connectivity index (χ0v) is 12.9. The molecule has 0 atom stereocenters. The van der Waals surface area contributed by atoms with Crippen molar-refractivity contribution < 1.29 is 0 Å². The van der Waals surface area contributed by atoms with Gasteiger partial charge in [-0.2, -0.15) is 0 Å². The molecule has 15 heavy (non-hydrogen) atoms. The van der Waals surface area contributed by atoms with Gasteiger partial charge in [0.25, 0.3) is 0 Å². The molecule has 0 N–H and O–H groups in total. The topological polar surface area (TPSA) is 3.24 Å². The van der Waals surface area contributed by atoms with Gasteiger partial charge in [0, 0.05) is 0 Å². The van der Waals surface area contributed by atoms with Crippen molar-refractivity contribution in [3.63, 3.8) is 0 Å².